The van der Waals surface area contributed by atoms with E-state index < -0.39 is 10.0 Å². The molecule has 0 N–H and O–H groups in total. The third-order valence-electron chi connectivity index (χ3n) is 5.42. The summed E-state index contributed by atoms with van der Waals surface area (Å²) in [5.41, 5.74) is 3.20. The standard InChI is InChI=1S/C23H30N4O3S/c1-7-27-21-13-10-18(23(28)25(4)5)14-20(21)24-22(27)15-26(6)31(29,30)19-11-8-17(9-12-19)16(2)3/h8-14,16H,7,15H2,1-6H3. The molecule has 3 aromatic rings. The summed E-state index contributed by atoms with van der Waals surface area (Å²) in [6.07, 6.45) is 0. The van der Waals surface area contributed by atoms with Crippen molar-refractivity contribution in [3.05, 3.63) is 59.4 Å². The van der Waals surface area contributed by atoms with E-state index in [1.54, 1.807) is 45.4 Å². The summed E-state index contributed by atoms with van der Waals surface area (Å²) in [5.74, 6) is 0.874. The largest absolute Gasteiger partial charge is 0.345 e. The van der Waals surface area contributed by atoms with Crippen LogP contribution in [0.25, 0.3) is 11.0 Å². The summed E-state index contributed by atoms with van der Waals surface area (Å²) in [6.45, 7) is 6.91. The molecule has 1 heterocycles. The fourth-order valence-corrected chi connectivity index (χ4v) is 4.66. The number of aromatic nitrogens is 2. The number of carbonyl (C=O) groups is 1. The lowest BCUT2D eigenvalue weighted by Gasteiger charge is -2.18. The maximum Gasteiger partial charge on any atom is 0.253 e. The van der Waals surface area contributed by atoms with Crippen LogP contribution in [0.15, 0.2) is 47.4 Å². The molecule has 0 atom stereocenters. The van der Waals surface area contributed by atoms with Crippen LogP contribution in [-0.4, -0.2) is 54.2 Å². The van der Waals surface area contributed by atoms with E-state index in [9.17, 15) is 13.2 Å². The van der Waals surface area contributed by atoms with Crippen molar-refractivity contribution in [2.75, 3.05) is 21.1 Å². The molecule has 0 saturated heterocycles. The summed E-state index contributed by atoms with van der Waals surface area (Å²) in [5, 5.41) is 0. The Morgan fingerprint density at radius 2 is 1.71 bits per heavy atom. The van der Waals surface area contributed by atoms with Gasteiger partial charge >= 0.3 is 0 Å². The molecule has 0 aliphatic heterocycles. The molecule has 166 valence electrons. The highest BCUT2D eigenvalue weighted by Crippen LogP contribution is 2.23. The van der Waals surface area contributed by atoms with Crippen molar-refractivity contribution in [2.45, 2.75) is 44.7 Å². The lowest BCUT2D eigenvalue weighted by atomic mass is 10.0. The monoisotopic (exact) mass is 442 g/mol. The van der Waals surface area contributed by atoms with Gasteiger partial charge in [-0.3, -0.25) is 4.79 Å². The maximum absolute atomic E-state index is 13.1. The average Bonchev–Trinajstić information content (AvgIpc) is 3.08. The Balaban J connectivity index is 1.93. The number of hydrogen-bond acceptors (Lipinski definition) is 4. The van der Waals surface area contributed by atoms with Gasteiger partial charge in [-0.1, -0.05) is 26.0 Å². The summed E-state index contributed by atoms with van der Waals surface area (Å²) < 4.78 is 29.5. The molecule has 0 saturated carbocycles. The molecule has 7 nitrogen and oxygen atoms in total. The normalized spacial score (nSPS) is 12.1. The molecule has 31 heavy (non-hydrogen) atoms. The fourth-order valence-electron chi connectivity index (χ4n) is 3.53. The third kappa shape index (κ3) is 4.50. The van der Waals surface area contributed by atoms with Gasteiger partial charge in [0.2, 0.25) is 10.0 Å². The fraction of sp³-hybridized carbons (Fsp3) is 0.391. The van der Waals surface area contributed by atoms with Crippen LogP contribution in [0.2, 0.25) is 0 Å². The summed E-state index contributed by atoms with van der Waals surface area (Å²) >= 11 is 0. The first kappa shape index (κ1) is 23.0. The Kier molecular flexibility index (Phi) is 6.52. The van der Waals surface area contributed by atoms with Crippen molar-refractivity contribution < 1.29 is 13.2 Å². The van der Waals surface area contributed by atoms with Gasteiger partial charge in [0.25, 0.3) is 5.91 Å². The minimum atomic E-state index is -3.66. The third-order valence-corrected chi connectivity index (χ3v) is 7.23. The van der Waals surface area contributed by atoms with E-state index in [1.165, 1.54) is 9.21 Å². The number of imidazole rings is 1. The SMILES string of the molecule is CCn1c(CN(C)S(=O)(=O)c2ccc(C(C)C)cc2)nc2cc(C(=O)N(C)C)ccc21. The lowest BCUT2D eigenvalue weighted by molar-refractivity contribution is 0.0827. The van der Waals surface area contributed by atoms with Crippen molar-refractivity contribution in [3.8, 4) is 0 Å². The summed E-state index contributed by atoms with van der Waals surface area (Å²) in [6, 6.07) is 12.4. The Labute approximate surface area is 184 Å². The number of aryl methyl sites for hydroxylation is 1. The van der Waals surface area contributed by atoms with Crippen molar-refractivity contribution in [1.82, 2.24) is 18.8 Å². The second-order valence-corrected chi connectivity index (χ2v) is 10.2. The smallest absolute Gasteiger partial charge is 0.253 e. The van der Waals surface area contributed by atoms with E-state index in [4.69, 9.17) is 0 Å². The molecule has 0 spiro atoms. The van der Waals surface area contributed by atoms with Crippen LogP contribution in [0.3, 0.4) is 0 Å². The van der Waals surface area contributed by atoms with Crippen LogP contribution in [0.4, 0.5) is 0 Å². The molecular formula is C23H30N4O3S. The number of hydrogen-bond donors (Lipinski definition) is 0. The number of fused-ring (bicyclic) bond motifs is 1. The molecule has 2 aromatic carbocycles. The molecule has 1 aromatic heterocycles. The van der Waals surface area contributed by atoms with Crippen LogP contribution < -0.4 is 0 Å². The zero-order valence-electron chi connectivity index (χ0n) is 19.0. The van der Waals surface area contributed by atoms with Gasteiger partial charge in [-0.2, -0.15) is 4.31 Å². The highest BCUT2D eigenvalue weighted by atomic mass is 32.2. The number of benzene rings is 2. The zero-order valence-corrected chi connectivity index (χ0v) is 19.8. The van der Waals surface area contributed by atoms with E-state index in [0.29, 0.717) is 29.4 Å². The summed E-state index contributed by atoms with van der Waals surface area (Å²) in [4.78, 5) is 18.7. The molecule has 0 fully saturated rings. The topological polar surface area (TPSA) is 75.5 Å². The van der Waals surface area contributed by atoms with Gasteiger partial charge in [-0.25, -0.2) is 13.4 Å². The molecule has 0 bridgehead atoms. The minimum absolute atomic E-state index is 0.0981. The second-order valence-electron chi connectivity index (χ2n) is 8.16. The lowest BCUT2D eigenvalue weighted by Crippen LogP contribution is -2.28. The average molecular weight is 443 g/mol. The van der Waals surface area contributed by atoms with Gasteiger partial charge in [-0.15, -0.1) is 0 Å². The Hall–Kier alpha value is -2.71. The first-order valence-electron chi connectivity index (χ1n) is 10.3. The molecule has 8 heteroatoms. The Morgan fingerprint density at radius 3 is 2.26 bits per heavy atom. The van der Waals surface area contributed by atoms with Crippen molar-refractivity contribution in [1.29, 1.82) is 0 Å². The van der Waals surface area contributed by atoms with E-state index in [1.807, 2.05) is 29.7 Å². The van der Waals surface area contributed by atoms with Crippen LogP contribution >= 0.6 is 0 Å². The number of nitrogens with zero attached hydrogens (tertiary/aromatic N) is 4. The Morgan fingerprint density at radius 1 is 1.06 bits per heavy atom. The highest BCUT2D eigenvalue weighted by molar-refractivity contribution is 7.89. The van der Waals surface area contributed by atoms with Crippen LogP contribution in [-0.2, 0) is 23.1 Å². The second kappa shape index (κ2) is 8.80. The predicted octanol–water partition coefficient (Wildman–Crippen LogP) is 3.70. The molecule has 3 rings (SSSR count). The Bertz CT molecular complexity index is 1200. The number of amides is 1. The minimum Gasteiger partial charge on any atom is -0.345 e. The zero-order chi connectivity index (χ0) is 22.9. The highest BCUT2D eigenvalue weighted by Gasteiger charge is 2.24. The quantitative estimate of drug-likeness (QED) is 0.559. The van der Waals surface area contributed by atoms with Gasteiger partial charge in [0.15, 0.2) is 0 Å². The summed E-state index contributed by atoms with van der Waals surface area (Å²) in [7, 11) is 1.31. The van der Waals surface area contributed by atoms with Crippen molar-refractivity contribution in [3.63, 3.8) is 0 Å². The van der Waals surface area contributed by atoms with E-state index in [2.05, 4.69) is 18.8 Å². The first-order valence-corrected chi connectivity index (χ1v) is 11.8. The molecule has 1 amide bonds. The van der Waals surface area contributed by atoms with E-state index in [0.717, 1.165) is 11.1 Å². The number of carbonyl (C=O) groups excluding carboxylic acids is 1. The first-order chi connectivity index (χ1) is 14.6. The van der Waals surface area contributed by atoms with Crippen molar-refractivity contribution in [2.24, 2.45) is 0 Å². The molecule has 0 aliphatic rings. The van der Waals surface area contributed by atoms with Crippen LogP contribution in [0.5, 0.6) is 0 Å². The van der Waals surface area contributed by atoms with Gasteiger partial charge in [-0.05, 0) is 48.7 Å². The van der Waals surface area contributed by atoms with E-state index >= 15 is 0 Å². The van der Waals surface area contributed by atoms with Gasteiger partial charge in [0, 0.05) is 33.3 Å². The molecule has 0 aliphatic carbocycles. The van der Waals surface area contributed by atoms with Gasteiger partial charge in [0.05, 0.1) is 22.5 Å². The van der Waals surface area contributed by atoms with Crippen molar-refractivity contribution >= 4 is 27.0 Å². The van der Waals surface area contributed by atoms with E-state index in [-0.39, 0.29) is 17.3 Å². The maximum atomic E-state index is 13.1. The number of rotatable bonds is 7. The van der Waals surface area contributed by atoms with Crippen LogP contribution in [0.1, 0.15) is 48.4 Å². The molecule has 0 unspecified atom stereocenters. The predicted molar refractivity (Wildman–Crippen MR) is 123 cm³/mol. The number of sulfonamides is 1. The van der Waals surface area contributed by atoms with Crippen LogP contribution in [0, 0.1) is 0 Å². The molecular weight excluding hydrogens is 412 g/mol. The van der Waals surface area contributed by atoms with Gasteiger partial charge < -0.3 is 9.47 Å². The molecule has 0 radical (unpaired) electrons. The van der Waals surface area contributed by atoms with Gasteiger partial charge in [0.1, 0.15) is 5.82 Å².